The average Bonchev–Trinajstić information content (AvgIpc) is 3.30. The van der Waals surface area contributed by atoms with Crippen molar-refractivity contribution >= 4 is 22.4 Å². The molecule has 1 aliphatic rings. The number of nitrogens with zero attached hydrogens (tertiary/aromatic N) is 1. The van der Waals surface area contributed by atoms with Crippen molar-refractivity contribution in [1.82, 2.24) is 4.98 Å². The Bertz CT molecular complexity index is 1030. The van der Waals surface area contributed by atoms with E-state index in [-0.39, 0.29) is 13.2 Å². The maximum atomic E-state index is 12.8. The Morgan fingerprint density at radius 2 is 2.00 bits per heavy atom. The van der Waals surface area contributed by atoms with Crippen molar-refractivity contribution in [3.05, 3.63) is 70.2 Å². The summed E-state index contributed by atoms with van der Waals surface area (Å²) in [4.78, 5) is 17.4. The van der Waals surface area contributed by atoms with E-state index < -0.39 is 17.6 Å². The van der Waals surface area contributed by atoms with E-state index in [4.69, 9.17) is 9.47 Å². The number of rotatable bonds is 4. The molecule has 1 aromatic heterocycles. The minimum atomic E-state index is -4.38. The predicted octanol–water partition coefficient (Wildman–Crippen LogP) is 4.73. The number of benzene rings is 2. The zero-order chi connectivity index (χ0) is 19.7. The van der Waals surface area contributed by atoms with Gasteiger partial charge in [0.15, 0.2) is 16.6 Å². The van der Waals surface area contributed by atoms with E-state index in [0.29, 0.717) is 27.8 Å². The first-order valence-electron chi connectivity index (χ1n) is 8.21. The number of para-hydroxylation sites is 1. The highest BCUT2D eigenvalue weighted by atomic mass is 32.1. The first-order chi connectivity index (χ1) is 13.4. The molecule has 5 nitrogen and oxygen atoms in total. The molecule has 9 heteroatoms. The fourth-order valence-corrected chi connectivity index (χ4v) is 3.62. The summed E-state index contributed by atoms with van der Waals surface area (Å²) in [5.74, 6) is 0.472. The van der Waals surface area contributed by atoms with Gasteiger partial charge < -0.3 is 9.47 Å². The van der Waals surface area contributed by atoms with Crippen molar-refractivity contribution in [3.63, 3.8) is 0 Å². The van der Waals surface area contributed by atoms with Crippen LogP contribution >= 0.6 is 11.3 Å². The molecular formula is C19H13F3N2O3S. The number of aromatic nitrogens is 1. The lowest BCUT2D eigenvalue weighted by Gasteiger charge is -2.08. The summed E-state index contributed by atoms with van der Waals surface area (Å²) in [6.07, 6.45) is -2.56. The van der Waals surface area contributed by atoms with Crippen LogP contribution in [0.4, 0.5) is 18.3 Å². The van der Waals surface area contributed by atoms with Crippen LogP contribution in [0.5, 0.6) is 11.5 Å². The minimum absolute atomic E-state index is 0.0536. The molecule has 2 heterocycles. The van der Waals surface area contributed by atoms with Crippen LogP contribution in [-0.2, 0) is 12.6 Å². The van der Waals surface area contributed by atoms with Crippen LogP contribution < -0.4 is 14.8 Å². The Hall–Kier alpha value is -3.07. The van der Waals surface area contributed by atoms with Crippen molar-refractivity contribution in [3.8, 4) is 11.5 Å². The molecule has 144 valence electrons. The number of hydrogen-bond donors (Lipinski definition) is 1. The summed E-state index contributed by atoms with van der Waals surface area (Å²) >= 11 is 1.20. The van der Waals surface area contributed by atoms with Gasteiger partial charge >= 0.3 is 6.18 Å². The maximum absolute atomic E-state index is 12.8. The van der Waals surface area contributed by atoms with Gasteiger partial charge in [-0.1, -0.05) is 24.3 Å². The van der Waals surface area contributed by atoms with Gasteiger partial charge in [-0.2, -0.15) is 13.2 Å². The summed E-state index contributed by atoms with van der Waals surface area (Å²) in [7, 11) is 0. The van der Waals surface area contributed by atoms with E-state index in [1.165, 1.54) is 23.6 Å². The number of carbonyl (C=O) groups excluding carboxylic acids is 1. The SMILES string of the molecule is O=C(Nc1ncc(Cc2cccc(C(F)(F)F)c2)s1)c1cccc2c1OCO2. The lowest BCUT2D eigenvalue weighted by Crippen LogP contribution is -2.12. The fourth-order valence-electron chi connectivity index (χ4n) is 2.78. The van der Waals surface area contributed by atoms with Gasteiger partial charge in [-0.05, 0) is 23.8 Å². The first-order valence-corrected chi connectivity index (χ1v) is 9.02. The molecule has 0 radical (unpaired) electrons. The topological polar surface area (TPSA) is 60.5 Å². The Balaban J connectivity index is 1.47. The first kappa shape index (κ1) is 18.3. The van der Waals surface area contributed by atoms with E-state index in [1.807, 2.05) is 0 Å². The van der Waals surface area contributed by atoms with E-state index in [1.54, 1.807) is 24.3 Å². The third-order valence-corrected chi connectivity index (χ3v) is 4.96. The molecule has 0 atom stereocenters. The van der Waals surface area contributed by atoms with Crippen molar-refractivity contribution in [2.24, 2.45) is 0 Å². The van der Waals surface area contributed by atoms with Gasteiger partial charge in [0.2, 0.25) is 6.79 Å². The number of anilines is 1. The van der Waals surface area contributed by atoms with Crippen molar-refractivity contribution in [1.29, 1.82) is 0 Å². The Kier molecular flexibility index (Phi) is 4.68. The number of thiazole rings is 1. The standard InChI is InChI=1S/C19H13F3N2O3S/c20-19(21,22)12-4-1-3-11(7-12)8-13-9-23-18(28-13)24-17(25)14-5-2-6-15-16(14)27-10-26-15/h1-7,9H,8,10H2,(H,23,24,25). The lowest BCUT2D eigenvalue weighted by atomic mass is 10.1. The lowest BCUT2D eigenvalue weighted by molar-refractivity contribution is -0.137. The maximum Gasteiger partial charge on any atom is 0.416 e. The molecule has 1 amide bonds. The monoisotopic (exact) mass is 406 g/mol. The van der Waals surface area contributed by atoms with Crippen LogP contribution in [0.1, 0.15) is 26.4 Å². The van der Waals surface area contributed by atoms with Crippen LogP contribution in [0.3, 0.4) is 0 Å². The number of ether oxygens (including phenoxy) is 2. The van der Waals surface area contributed by atoms with Crippen LogP contribution in [0.2, 0.25) is 0 Å². The zero-order valence-electron chi connectivity index (χ0n) is 14.2. The summed E-state index contributed by atoms with van der Waals surface area (Å²) in [6.45, 7) is 0.0536. The highest BCUT2D eigenvalue weighted by Crippen LogP contribution is 2.36. The summed E-state index contributed by atoms with van der Waals surface area (Å²) in [6, 6.07) is 10.1. The van der Waals surface area contributed by atoms with E-state index >= 15 is 0 Å². The summed E-state index contributed by atoms with van der Waals surface area (Å²) in [5.41, 5.74) is 0.149. The van der Waals surface area contributed by atoms with E-state index in [0.717, 1.165) is 17.0 Å². The largest absolute Gasteiger partial charge is 0.454 e. The fraction of sp³-hybridized carbons (Fsp3) is 0.158. The number of carbonyl (C=O) groups is 1. The van der Waals surface area contributed by atoms with Gasteiger partial charge in [-0.3, -0.25) is 10.1 Å². The van der Waals surface area contributed by atoms with E-state index in [2.05, 4.69) is 10.3 Å². The molecule has 4 rings (SSSR count). The van der Waals surface area contributed by atoms with Crippen molar-refractivity contribution in [2.75, 3.05) is 12.1 Å². The van der Waals surface area contributed by atoms with Gasteiger partial charge in [-0.25, -0.2) is 4.98 Å². The van der Waals surface area contributed by atoms with Crippen LogP contribution in [0.15, 0.2) is 48.7 Å². The normalized spacial score (nSPS) is 12.8. The van der Waals surface area contributed by atoms with Gasteiger partial charge in [0.1, 0.15) is 0 Å². The number of halogens is 3. The second-order valence-corrected chi connectivity index (χ2v) is 7.12. The number of hydrogen-bond acceptors (Lipinski definition) is 5. The van der Waals surface area contributed by atoms with Crippen molar-refractivity contribution in [2.45, 2.75) is 12.6 Å². The minimum Gasteiger partial charge on any atom is -0.454 e. The van der Waals surface area contributed by atoms with Gasteiger partial charge in [0.25, 0.3) is 5.91 Å². The molecule has 1 N–H and O–H groups in total. The number of alkyl halides is 3. The predicted molar refractivity (Wildman–Crippen MR) is 96.9 cm³/mol. The molecular weight excluding hydrogens is 393 g/mol. The Labute approximate surface area is 161 Å². The summed E-state index contributed by atoms with van der Waals surface area (Å²) < 4.78 is 49.1. The quantitative estimate of drug-likeness (QED) is 0.680. The number of amides is 1. The molecule has 0 unspecified atom stereocenters. The zero-order valence-corrected chi connectivity index (χ0v) is 15.1. The van der Waals surface area contributed by atoms with Crippen LogP contribution in [0.25, 0.3) is 0 Å². The Morgan fingerprint density at radius 1 is 1.18 bits per heavy atom. The molecule has 3 aromatic rings. The molecule has 0 saturated heterocycles. The van der Waals surface area contributed by atoms with E-state index in [9.17, 15) is 18.0 Å². The van der Waals surface area contributed by atoms with Crippen molar-refractivity contribution < 1.29 is 27.4 Å². The molecule has 0 aliphatic carbocycles. The Morgan fingerprint density at radius 3 is 2.82 bits per heavy atom. The molecule has 2 aromatic carbocycles. The smallest absolute Gasteiger partial charge is 0.416 e. The molecule has 0 fully saturated rings. The molecule has 0 spiro atoms. The van der Waals surface area contributed by atoms with Gasteiger partial charge in [0.05, 0.1) is 11.1 Å². The molecule has 28 heavy (non-hydrogen) atoms. The third-order valence-electron chi connectivity index (χ3n) is 4.05. The molecule has 0 bridgehead atoms. The number of fused-ring (bicyclic) bond motifs is 1. The second kappa shape index (κ2) is 7.16. The highest BCUT2D eigenvalue weighted by molar-refractivity contribution is 7.15. The van der Waals surface area contributed by atoms with Crippen LogP contribution in [0, 0.1) is 0 Å². The molecule has 0 saturated carbocycles. The van der Waals surface area contributed by atoms with Crippen LogP contribution in [-0.4, -0.2) is 17.7 Å². The summed E-state index contributed by atoms with van der Waals surface area (Å²) in [5, 5.41) is 3.03. The molecule has 1 aliphatic heterocycles. The van der Waals surface area contributed by atoms with Gasteiger partial charge in [-0.15, -0.1) is 11.3 Å². The highest BCUT2D eigenvalue weighted by Gasteiger charge is 2.30. The second-order valence-electron chi connectivity index (χ2n) is 6.00. The van der Waals surface area contributed by atoms with Gasteiger partial charge in [0, 0.05) is 17.5 Å². The number of nitrogens with one attached hydrogen (secondary N) is 1. The third kappa shape index (κ3) is 3.79. The average molecular weight is 406 g/mol.